The molecule has 1 aliphatic carbocycles. The molecule has 154 valence electrons. The first-order valence-electron chi connectivity index (χ1n) is 11.1. The summed E-state index contributed by atoms with van der Waals surface area (Å²) in [4.78, 5) is 2.53. The number of likely N-dealkylation sites (N-methyl/N-ethyl adjacent to an activating group) is 1. The third kappa shape index (κ3) is 3.31. The van der Waals surface area contributed by atoms with E-state index in [0.29, 0.717) is 23.8 Å². The van der Waals surface area contributed by atoms with Crippen LogP contribution in [0.4, 0.5) is 0 Å². The molecule has 0 amide bonds. The van der Waals surface area contributed by atoms with E-state index in [1.54, 1.807) is 11.1 Å². The van der Waals surface area contributed by atoms with Crippen LogP contribution in [0.5, 0.6) is 0 Å². The van der Waals surface area contributed by atoms with Gasteiger partial charge in [0.2, 0.25) is 0 Å². The minimum atomic E-state index is 0.126. The largest absolute Gasteiger partial charge is 0.384 e. The van der Waals surface area contributed by atoms with E-state index in [0.717, 1.165) is 23.9 Å². The molecule has 1 heterocycles. The maximum absolute atomic E-state index is 7.65. The van der Waals surface area contributed by atoms with Gasteiger partial charge in [-0.05, 0) is 76.7 Å². The number of hydrogen-bond acceptors (Lipinski definition) is 2. The van der Waals surface area contributed by atoms with Gasteiger partial charge in [0.25, 0.3) is 0 Å². The molecule has 5 rings (SSSR count). The summed E-state index contributed by atoms with van der Waals surface area (Å²) >= 11 is 0. The predicted octanol–water partition coefficient (Wildman–Crippen LogP) is 5.58. The summed E-state index contributed by atoms with van der Waals surface area (Å²) in [6.45, 7) is 5.84. The number of benzene rings is 3. The fraction of sp³-hybridized carbons (Fsp3) is 0.370. The number of nitrogens with two attached hydrogens (primary N) is 1. The van der Waals surface area contributed by atoms with Crippen LogP contribution >= 0.6 is 0 Å². The highest BCUT2D eigenvalue weighted by Gasteiger charge is 2.40. The van der Waals surface area contributed by atoms with E-state index in [4.69, 9.17) is 11.1 Å². The van der Waals surface area contributed by atoms with Gasteiger partial charge in [-0.1, -0.05) is 62.4 Å². The van der Waals surface area contributed by atoms with E-state index < -0.39 is 0 Å². The average molecular weight is 398 g/mol. The first kappa shape index (κ1) is 19.3. The summed E-state index contributed by atoms with van der Waals surface area (Å²) in [5.74, 6) is 1.99. The van der Waals surface area contributed by atoms with E-state index in [1.165, 1.54) is 22.9 Å². The van der Waals surface area contributed by atoms with Crippen LogP contribution in [0.2, 0.25) is 0 Å². The molecule has 0 spiro atoms. The molecule has 3 heteroatoms. The molecule has 2 aliphatic rings. The molecule has 0 radical (unpaired) electrons. The summed E-state index contributed by atoms with van der Waals surface area (Å²) < 4.78 is 0. The third-order valence-electron chi connectivity index (χ3n) is 7.15. The third-order valence-corrected chi connectivity index (χ3v) is 7.15. The van der Waals surface area contributed by atoms with Crippen LogP contribution in [0.25, 0.3) is 10.8 Å². The van der Waals surface area contributed by atoms with Gasteiger partial charge in [-0.2, -0.15) is 0 Å². The standard InChI is InChI=1S/C27H31N3/c1-16(2)26-25-14-21(7-4-17(25)10-11-30(26)3)24-15-23(24)20-8-5-19-13-22(27(28)29)9-6-18(19)12-20/h4-9,12-14,16,23-24,26H,10-11,15H2,1-3H3,(H3,28,29)/t23?,24-,26?/m1/s1. The van der Waals surface area contributed by atoms with Gasteiger partial charge in [0.1, 0.15) is 5.84 Å². The molecule has 3 nitrogen and oxygen atoms in total. The van der Waals surface area contributed by atoms with Crippen molar-refractivity contribution < 1.29 is 0 Å². The second-order valence-electron chi connectivity index (χ2n) is 9.56. The Balaban J connectivity index is 1.42. The van der Waals surface area contributed by atoms with Crippen LogP contribution in [0.1, 0.15) is 66.0 Å². The molecular weight excluding hydrogens is 366 g/mol. The van der Waals surface area contributed by atoms with E-state index in [9.17, 15) is 0 Å². The SMILES string of the molecule is CC(C)C1c2cc([C@H]3CC3c3ccc4cc(C(=N)N)ccc4c3)ccc2CCN1C. The number of nitrogens with zero attached hydrogens (tertiary/aromatic N) is 1. The lowest BCUT2D eigenvalue weighted by Gasteiger charge is -2.37. The van der Waals surface area contributed by atoms with Crippen molar-refractivity contribution in [2.24, 2.45) is 11.7 Å². The summed E-state index contributed by atoms with van der Waals surface area (Å²) in [7, 11) is 2.27. The second-order valence-corrected chi connectivity index (χ2v) is 9.56. The second kappa shape index (κ2) is 7.24. The molecule has 3 N–H and O–H groups in total. The first-order valence-corrected chi connectivity index (χ1v) is 11.1. The summed E-state index contributed by atoms with van der Waals surface area (Å²) in [5, 5.41) is 10.0. The van der Waals surface area contributed by atoms with E-state index in [1.807, 2.05) is 12.1 Å². The average Bonchev–Trinajstić information content (AvgIpc) is 3.53. The number of nitrogen functional groups attached to an aromatic ring is 1. The Bertz CT molecular complexity index is 1130. The van der Waals surface area contributed by atoms with Crippen molar-refractivity contribution in [1.82, 2.24) is 4.90 Å². The van der Waals surface area contributed by atoms with Crippen molar-refractivity contribution in [3.8, 4) is 0 Å². The van der Waals surface area contributed by atoms with Gasteiger partial charge in [0.05, 0.1) is 0 Å². The fourth-order valence-corrected chi connectivity index (χ4v) is 5.48. The number of amidine groups is 1. The molecule has 0 bridgehead atoms. The van der Waals surface area contributed by atoms with Gasteiger partial charge < -0.3 is 5.73 Å². The minimum Gasteiger partial charge on any atom is -0.384 e. The van der Waals surface area contributed by atoms with Gasteiger partial charge in [-0.25, -0.2) is 0 Å². The smallest absolute Gasteiger partial charge is 0.122 e. The maximum Gasteiger partial charge on any atom is 0.122 e. The molecule has 1 fully saturated rings. The van der Waals surface area contributed by atoms with Gasteiger partial charge >= 0.3 is 0 Å². The number of nitrogens with one attached hydrogen (secondary N) is 1. The number of fused-ring (bicyclic) bond motifs is 2. The van der Waals surface area contributed by atoms with Crippen molar-refractivity contribution in [2.75, 3.05) is 13.6 Å². The minimum absolute atomic E-state index is 0.126. The zero-order chi connectivity index (χ0) is 21.0. The molecule has 0 aromatic heterocycles. The Morgan fingerprint density at radius 2 is 1.63 bits per heavy atom. The highest BCUT2D eigenvalue weighted by Crippen LogP contribution is 2.55. The normalized spacial score (nSPS) is 23.5. The lowest BCUT2D eigenvalue weighted by molar-refractivity contribution is 0.181. The van der Waals surface area contributed by atoms with Gasteiger partial charge in [-0.3, -0.25) is 10.3 Å². The lowest BCUT2D eigenvalue weighted by Crippen LogP contribution is -2.35. The topological polar surface area (TPSA) is 53.1 Å². The Labute approximate surface area is 179 Å². The van der Waals surface area contributed by atoms with Crippen LogP contribution in [0.3, 0.4) is 0 Å². The predicted molar refractivity (Wildman–Crippen MR) is 125 cm³/mol. The highest BCUT2D eigenvalue weighted by atomic mass is 15.1. The molecule has 0 saturated heterocycles. The van der Waals surface area contributed by atoms with Crippen molar-refractivity contribution in [1.29, 1.82) is 5.41 Å². The van der Waals surface area contributed by atoms with E-state index in [2.05, 4.69) is 68.3 Å². The zero-order valence-electron chi connectivity index (χ0n) is 18.2. The van der Waals surface area contributed by atoms with Crippen molar-refractivity contribution in [3.63, 3.8) is 0 Å². The molecule has 30 heavy (non-hydrogen) atoms. The van der Waals surface area contributed by atoms with E-state index >= 15 is 0 Å². The van der Waals surface area contributed by atoms with Gasteiger partial charge in [-0.15, -0.1) is 0 Å². The van der Waals surface area contributed by atoms with Gasteiger partial charge in [0.15, 0.2) is 0 Å². The van der Waals surface area contributed by atoms with Crippen LogP contribution in [-0.4, -0.2) is 24.3 Å². The number of rotatable bonds is 4. The molecule has 2 unspecified atom stereocenters. The monoisotopic (exact) mass is 397 g/mol. The molecule has 3 aromatic rings. The Kier molecular flexibility index (Phi) is 4.67. The quantitative estimate of drug-likeness (QED) is 0.446. The highest BCUT2D eigenvalue weighted by molar-refractivity contribution is 5.99. The maximum atomic E-state index is 7.65. The zero-order valence-corrected chi connectivity index (χ0v) is 18.2. The molecule has 1 saturated carbocycles. The Hall–Kier alpha value is -2.65. The first-order chi connectivity index (χ1) is 14.4. The molecule has 3 atom stereocenters. The van der Waals surface area contributed by atoms with Crippen molar-refractivity contribution in [2.45, 2.75) is 44.6 Å². The summed E-state index contributed by atoms with van der Waals surface area (Å²) in [6.07, 6.45) is 2.40. The van der Waals surface area contributed by atoms with Crippen molar-refractivity contribution >= 4 is 16.6 Å². The van der Waals surface area contributed by atoms with Gasteiger partial charge in [0, 0.05) is 18.2 Å². The molecular formula is C27H31N3. The molecule has 3 aromatic carbocycles. The molecule has 1 aliphatic heterocycles. The Morgan fingerprint density at radius 3 is 2.37 bits per heavy atom. The van der Waals surface area contributed by atoms with Crippen molar-refractivity contribution in [3.05, 3.63) is 82.4 Å². The van der Waals surface area contributed by atoms with Crippen LogP contribution in [-0.2, 0) is 6.42 Å². The summed E-state index contributed by atoms with van der Waals surface area (Å²) in [5.41, 5.74) is 12.5. The summed E-state index contributed by atoms with van der Waals surface area (Å²) in [6, 6.07) is 20.6. The fourth-order valence-electron chi connectivity index (χ4n) is 5.48. The number of hydrogen-bond donors (Lipinski definition) is 2. The van der Waals surface area contributed by atoms with Crippen LogP contribution < -0.4 is 5.73 Å². The van der Waals surface area contributed by atoms with Crippen LogP contribution in [0.15, 0.2) is 54.6 Å². The Morgan fingerprint density at radius 1 is 0.967 bits per heavy atom. The van der Waals surface area contributed by atoms with Crippen LogP contribution in [0, 0.1) is 11.3 Å². The van der Waals surface area contributed by atoms with E-state index in [-0.39, 0.29) is 5.84 Å². The lowest BCUT2D eigenvalue weighted by atomic mass is 9.85.